The van der Waals surface area contributed by atoms with E-state index in [-0.39, 0.29) is 0 Å². The lowest BCUT2D eigenvalue weighted by Gasteiger charge is -2.02. The van der Waals surface area contributed by atoms with Crippen molar-refractivity contribution in [1.82, 2.24) is 4.98 Å². The first-order valence-electron chi connectivity index (χ1n) is 7.93. The standard InChI is InChI=1S/C22H16N2/c1-2-5-18(6-3-1)19-9-11-21(12-10-19)24-16-17-8-13-22-20(15-17)7-4-14-23-22/h1-16H. The van der Waals surface area contributed by atoms with E-state index in [0.29, 0.717) is 0 Å². The summed E-state index contributed by atoms with van der Waals surface area (Å²) in [5.41, 5.74) is 5.44. The van der Waals surface area contributed by atoms with Crippen LogP contribution in [0.4, 0.5) is 5.69 Å². The van der Waals surface area contributed by atoms with E-state index in [1.807, 2.05) is 48.8 Å². The second-order valence-electron chi connectivity index (χ2n) is 5.63. The van der Waals surface area contributed by atoms with Gasteiger partial charge in [0, 0.05) is 17.8 Å². The number of nitrogens with zero attached hydrogens (tertiary/aromatic N) is 2. The predicted octanol–water partition coefficient (Wildman–Crippen LogP) is 5.65. The molecular weight excluding hydrogens is 292 g/mol. The summed E-state index contributed by atoms with van der Waals surface area (Å²) in [7, 11) is 0. The third-order valence-electron chi connectivity index (χ3n) is 3.96. The van der Waals surface area contributed by atoms with Crippen LogP contribution in [0.2, 0.25) is 0 Å². The van der Waals surface area contributed by atoms with Crippen molar-refractivity contribution in [3.05, 3.63) is 96.7 Å². The average molecular weight is 308 g/mol. The molecule has 0 radical (unpaired) electrons. The number of rotatable bonds is 3. The molecule has 0 fully saturated rings. The first-order valence-corrected chi connectivity index (χ1v) is 7.93. The smallest absolute Gasteiger partial charge is 0.0702 e. The van der Waals surface area contributed by atoms with Crippen LogP contribution in [-0.2, 0) is 0 Å². The van der Waals surface area contributed by atoms with Crippen molar-refractivity contribution in [2.45, 2.75) is 0 Å². The van der Waals surface area contributed by atoms with Gasteiger partial charge in [-0.3, -0.25) is 9.98 Å². The molecule has 0 spiro atoms. The second-order valence-corrected chi connectivity index (χ2v) is 5.63. The highest BCUT2D eigenvalue weighted by molar-refractivity contribution is 5.89. The van der Waals surface area contributed by atoms with Crippen molar-refractivity contribution >= 4 is 22.8 Å². The normalized spacial score (nSPS) is 11.2. The molecule has 24 heavy (non-hydrogen) atoms. The molecule has 0 bridgehead atoms. The zero-order chi connectivity index (χ0) is 16.2. The van der Waals surface area contributed by atoms with E-state index < -0.39 is 0 Å². The average Bonchev–Trinajstić information content (AvgIpc) is 2.67. The van der Waals surface area contributed by atoms with Crippen molar-refractivity contribution in [3.63, 3.8) is 0 Å². The summed E-state index contributed by atoms with van der Waals surface area (Å²) in [5.74, 6) is 0. The maximum atomic E-state index is 4.57. The highest BCUT2D eigenvalue weighted by atomic mass is 14.7. The van der Waals surface area contributed by atoms with Gasteiger partial charge >= 0.3 is 0 Å². The lowest BCUT2D eigenvalue weighted by Crippen LogP contribution is -1.83. The first kappa shape index (κ1) is 14.3. The Morgan fingerprint density at radius 2 is 1.50 bits per heavy atom. The molecule has 4 rings (SSSR count). The van der Waals surface area contributed by atoms with Gasteiger partial charge in [-0.2, -0.15) is 0 Å². The monoisotopic (exact) mass is 308 g/mol. The van der Waals surface area contributed by atoms with Gasteiger partial charge < -0.3 is 0 Å². The predicted molar refractivity (Wildman–Crippen MR) is 101 cm³/mol. The Balaban J connectivity index is 1.56. The van der Waals surface area contributed by atoms with E-state index in [1.54, 1.807) is 0 Å². The van der Waals surface area contributed by atoms with Crippen LogP contribution >= 0.6 is 0 Å². The van der Waals surface area contributed by atoms with Gasteiger partial charge in [0.2, 0.25) is 0 Å². The van der Waals surface area contributed by atoms with Crippen LogP contribution in [0.15, 0.2) is 96.1 Å². The Kier molecular flexibility index (Phi) is 3.86. The summed E-state index contributed by atoms with van der Waals surface area (Å²) >= 11 is 0. The van der Waals surface area contributed by atoms with Gasteiger partial charge in [0.15, 0.2) is 0 Å². The molecule has 0 amide bonds. The van der Waals surface area contributed by atoms with Gasteiger partial charge in [-0.25, -0.2) is 0 Å². The van der Waals surface area contributed by atoms with E-state index >= 15 is 0 Å². The van der Waals surface area contributed by atoms with E-state index in [2.05, 4.69) is 58.5 Å². The fourth-order valence-corrected chi connectivity index (χ4v) is 2.69. The Labute approximate surface area is 141 Å². The van der Waals surface area contributed by atoms with Crippen LogP contribution in [-0.4, -0.2) is 11.2 Å². The SMILES string of the molecule is C(=Nc1ccc(-c2ccccc2)cc1)c1ccc2ncccc2c1. The summed E-state index contributed by atoms with van der Waals surface area (Å²) < 4.78 is 0. The Morgan fingerprint density at radius 1 is 0.708 bits per heavy atom. The van der Waals surface area contributed by atoms with Crippen LogP contribution in [0.3, 0.4) is 0 Å². The molecule has 0 unspecified atom stereocenters. The van der Waals surface area contributed by atoms with Crippen LogP contribution in [0, 0.1) is 0 Å². The maximum Gasteiger partial charge on any atom is 0.0702 e. The quantitative estimate of drug-likeness (QED) is 0.449. The number of aliphatic imine (C=N–C) groups is 1. The van der Waals surface area contributed by atoms with Gasteiger partial charge in [-0.1, -0.05) is 54.6 Å². The first-order chi connectivity index (χ1) is 11.9. The molecule has 0 aliphatic rings. The lowest BCUT2D eigenvalue weighted by atomic mass is 10.1. The van der Waals surface area contributed by atoms with E-state index in [9.17, 15) is 0 Å². The van der Waals surface area contributed by atoms with Crippen LogP contribution < -0.4 is 0 Å². The van der Waals surface area contributed by atoms with Crippen LogP contribution in [0.5, 0.6) is 0 Å². The molecule has 3 aromatic carbocycles. The molecule has 2 heteroatoms. The summed E-state index contributed by atoms with van der Waals surface area (Å²) in [4.78, 5) is 8.91. The van der Waals surface area contributed by atoms with Gasteiger partial charge in [-0.05, 0) is 47.0 Å². The fraction of sp³-hybridized carbons (Fsp3) is 0. The van der Waals surface area contributed by atoms with Crippen molar-refractivity contribution in [2.24, 2.45) is 4.99 Å². The second kappa shape index (κ2) is 6.47. The largest absolute Gasteiger partial charge is 0.256 e. The highest BCUT2D eigenvalue weighted by Gasteiger charge is 1.97. The van der Waals surface area contributed by atoms with Crippen LogP contribution in [0.1, 0.15) is 5.56 Å². The summed E-state index contributed by atoms with van der Waals surface area (Å²) in [6.07, 6.45) is 3.70. The summed E-state index contributed by atoms with van der Waals surface area (Å²) in [6.45, 7) is 0. The number of fused-ring (bicyclic) bond motifs is 1. The molecule has 0 saturated heterocycles. The lowest BCUT2D eigenvalue weighted by molar-refractivity contribution is 1.41. The number of pyridine rings is 1. The van der Waals surface area contributed by atoms with E-state index in [0.717, 1.165) is 22.2 Å². The molecule has 2 nitrogen and oxygen atoms in total. The molecule has 1 aromatic heterocycles. The molecule has 0 aliphatic carbocycles. The zero-order valence-corrected chi connectivity index (χ0v) is 13.1. The molecule has 1 heterocycles. The number of hydrogen-bond acceptors (Lipinski definition) is 2. The Morgan fingerprint density at radius 3 is 2.33 bits per heavy atom. The molecule has 0 N–H and O–H groups in total. The van der Waals surface area contributed by atoms with Crippen molar-refractivity contribution < 1.29 is 0 Å². The van der Waals surface area contributed by atoms with Gasteiger partial charge in [0.25, 0.3) is 0 Å². The fourth-order valence-electron chi connectivity index (χ4n) is 2.69. The number of hydrogen-bond donors (Lipinski definition) is 0. The number of benzene rings is 3. The molecule has 0 aliphatic heterocycles. The number of aromatic nitrogens is 1. The third kappa shape index (κ3) is 3.08. The van der Waals surface area contributed by atoms with Crippen molar-refractivity contribution in [3.8, 4) is 11.1 Å². The maximum absolute atomic E-state index is 4.57. The minimum Gasteiger partial charge on any atom is -0.256 e. The Hall–Kier alpha value is -3.26. The van der Waals surface area contributed by atoms with Crippen LogP contribution in [0.25, 0.3) is 22.0 Å². The zero-order valence-electron chi connectivity index (χ0n) is 13.1. The van der Waals surface area contributed by atoms with Crippen molar-refractivity contribution in [1.29, 1.82) is 0 Å². The minimum absolute atomic E-state index is 0.945. The molecular formula is C22H16N2. The van der Waals surface area contributed by atoms with E-state index in [4.69, 9.17) is 0 Å². The summed E-state index contributed by atoms with van der Waals surface area (Å²) in [6, 6.07) is 28.8. The Bertz CT molecular complexity index is 987. The van der Waals surface area contributed by atoms with E-state index in [1.165, 1.54) is 11.1 Å². The molecule has 4 aromatic rings. The van der Waals surface area contributed by atoms with Gasteiger partial charge in [-0.15, -0.1) is 0 Å². The third-order valence-corrected chi connectivity index (χ3v) is 3.96. The summed E-state index contributed by atoms with van der Waals surface area (Å²) in [5, 5.41) is 1.13. The topological polar surface area (TPSA) is 25.2 Å². The highest BCUT2D eigenvalue weighted by Crippen LogP contribution is 2.22. The van der Waals surface area contributed by atoms with Crippen molar-refractivity contribution in [2.75, 3.05) is 0 Å². The van der Waals surface area contributed by atoms with Gasteiger partial charge in [0.1, 0.15) is 0 Å². The molecule has 114 valence electrons. The molecule has 0 atom stereocenters. The van der Waals surface area contributed by atoms with Gasteiger partial charge in [0.05, 0.1) is 11.2 Å². The molecule has 0 saturated carbocycles. The minimum atomic E-state index is 0.945.